The number of esters is 1. The van der Waals surface area contributed by atoms with Crippen LogP contribution in [0.2, 0.25) is 0 Å². The molecule has 0 radical (unpaired) electrons. The summed E-state index contributed by atoms with van der Waals surface area (Å²) in [5.41, 5.74) is 0. The number of nitrogens with one attached hydrogen (secondary N) is 1. The van der Waals surface area contributed by atoms with E-state index < -0.39 is 18.2 Å². The van der Waals surface area contributed by atoms with Gasteiger partial charge in [0.05, 0.1) is 25.2 Å². The van der Waals surface area contributed by atoms with Crippen LogP contribution in [0.5, 0.6) is 0 Å². The number of rotatable bonds is 51. The maximum absolute atomic E-state index is 13.3. The molecule has 6 heteroatoms. The third-order valence-electron chi connectivity index (χ3n) is 12.9. The fourth-order valence-electron chi connectivity index (χ4n) is 8.52. The van der Waals surface area contributed by atoms with Crippen molar-refractivity contribution in [1.82, 2.24) is 5.32 Å². The summed E-state index contributed by atoms with van der Waals surface area (Å²) >= 11 is 0. The number of hydrogen-bond donors (Lipinski definition) is 3. The molecule has 0 aliphatic rings. The van der Waals surface area contributed by atoms with Crippen LogP contribution in [0, 0.1) is 0 Å². The number of amides is 1. The Kier molecular flexibility index (Phi) is 52.6. The van der Waals surface area contributed by atoms with Gasteiger partial charge in [-0.25, -0.2) is 0 Å². The zero-order valence-electron chi connectivity index (χ0n) is 44.7. The normalized spacial score (nSPS) is 13.8. The third-order valence-corrected chi connectivity index (χ3v) is 12.9. The van der Waals surface area contributed by atoms with E-state index in [9.17, 15) is 19.8 Å². The van der Waals surface area contributed by atoms with Crippen molar-refractivity contribution in [3.05, 3.63) is 85.1 Å². The van der Waals surface area contributed by atoms with E-state index in [1.165, 1.54) is 161 Å². The second-order valence-electron chi connectivity index (χ2n) is 19.5. The minimum Gasteiger partial charge on any atom is -0.462 e. The van der Waals surface area contributed by atoms with Gasteiger partial charge in [0.15, 0.2) is 0 Å². The van der Waals surface area contributed by atoms with E-state index in [-0.39, 0.29) is 24.9 Å². The Bertz CT molecular complexity index is 1290. The van der Waals surface area contributed by atoms with Crippen molar-refractivity contribution in [1.29, 1.82) is 0 Å². The third kappa shape index (κ3) is 49.5. The lowest BCUT2D eigenvalue weighted by molar-refractivity contribution is -0.151. The Balaban J connectivity index is 4.66. The molecule has 0 saturated carbocycles. The van der Waals surface area contributed by atoms with Crippen molar-refractivity contribution >= 4 is 11.9 Å². The standard InChI is InChI=1S/C62H109NO5/c1-4-7-10-13-16-19-22-25-28-30-31-34-37-40-43-46-49-52-55-62(67)68-58(53-50-47-44-41-38-35-32-27-24-21-18-15-12-9-6-3)56-61(66)63-59(57-64)60(65)54-51-48-45-42-39-36-33-29-26-23-20-17-14-11-8-5-2/h9,12,15,18,21,24,27,31-32,34-35,38,41,44,58-60,64-65H,4-8,10-11,13-14,16-17,19-20,22-23,25-26,28-30,33,36-37,39-40,42-43,45-57H2,1-3H3,(H,63,66)/b12-9-,18-15+,24-21+,32-27-,34-31+,38-35+,44-41+. The predicted molar refractivity (Wildman–Crippen MR) is 296 cm³/mol. The molecular formula is C62H109NO5. The van der Waals surface area contributed by atoms with Gasteiger partial charge in [-0.2, -0.15) is 0 Å². The van der Waals surface area contributed by atoms with Crippen LogP contribution in [0.15, 0.2) is 85.1 Å². The summed E-state index contributed by atoms with van der Waals surface area (Å²) in [4.78, 5) is 26.3. The van der Waals surface area contributed by atoms with Crippen LogP contribution >= 0.6 is 0 Å². The minimum absolute atomic E-state index is 0.0205. The zero-order valence-corrected chi connectivity index (χ0v) is 44.7. The molecule has 392 valence electrons. The summed E-state index contributed by atoms with van der Waals surface area (Å²) in [6.45, 7) is 6.34. The lowest BCUT2D eigenvalue weighted by atomic mass is 10.0. The molecule has 0 spiro atoms. The molecule has 0 bridgehead atoms. The highest BCUT2D eigenvalue weighted by Gasteiger charge is 2.24. The Hall–Kier alpha value is -2.96. The van der Waals surface area contributed by atoms with Crippen LogP contribution in [0.1, 0.15) is 271 Å². The SMILES string of the molecule is CC\C=C/C=C/C=C/C=C\C=C\C=C\CCCC(CC(=O)NC(CO)C(O)CCCCCCCCCCCCCCCCCC)OC(=O)CCCCCCC/C=C/CCCCCCCCCCC. The molecule has 0 aromatic heterocycles. The first kappa shape index (κ1) is 65.0. The molecule has 0 fully saturated rings. The van der Waals surface area contributed by atoms with E-state index in [4.69, 9.17) is 4.74 Å². The van der Waals surface area contributed by atoms with E-state index in [1.54, 1.807) is 0 Å². The first-order valence-corrected chi connectivity index (χ1v) is 28.9. The molecule has 0 heterocycles. The monoisotopic (exact) mass is 948 g/mol. The average molecular weight is 949 g/mol. The fourth-order valence-corrected chi connectivity index (χ4v) is 8.52. The first-order valence-electron chi connectivity index (χ1n) is 28.9. The highest BCUT2D eigenvalue weighted by molar-refractivity contribution is 5.77. The van der Waals surface area contributed by atoms with E-state index in [0.29, 0.717) is 19.3 Å². The van der Waals surface area contributed by atoms with Crippen LogP contribution in [0.25, 0.3) is 0 Å². The van der Waals surface area contributed by atoms with Crippen molar-refractivity contribution in [3.8, 4) is 0 Å². The van der Waals surface area contributed by atoms with Gasteiger partial charge in [0.25, 0.3) is 0 Å². The highest BCUT2D eigenvalue weighted by Crippen LogP contribution is 2.18. The maximum Gasteiger partial charge on any atom is 0.306 e. The van der Waals surface area contributed by atoms with Gasteiger partial charge in [0.2, 0.25) is 5.91 Å². The smallest absolute Gasteiger partial charge is 0.306 e. The van der Waals surface area contributed by atoms with E-state index in [1.807, 2.05) is 60.8 Å². The second kappa shape index (κ2) is 55.0. The molecule has 3 N–H and O–H groups in total. The molecule has 3 atom stereocenters. The molecule has 3 unspecified atom stereocenters. The van der Waals surface area contributed by atoms with Crippen LogP contribution in [0.4, 0.5) is 0 Å². The number of aliphatic hydroxyl groups excluding tert-OH is 2. The number of ether oxygens (including phenoxy) is 1. The van der Waals surface area contributed by atoms with Gasteiger partial charge < -0.3 is 20.3 Å². The molecular weight excluding hydrogens is 839 g/mol. The average Bonchev–Trinajstić information content (AvgIpc) is 3.33. The van der Waals surface area contributed by atoms with Gasteiger partial charge in [-0.05, 0) is 64.2 Å². The first-order chi connectivity index (χ1) is 33.5. The van der Waals surface area contributed by atoms with Crippen LogP contribution in [-0.2, 0) is 14.3 Å². The topological polar surface area (TPSA) is 95.9 Å². The number of hydrogen-bond acceptors (Lipinski definition) is 5. The Morgan fingerprint density at radius 3 is 1.26 bits per heavy atom. The number of carbonyl (C=O) groups excluding carboxylic acids is 2. The summed E-state index contributed by atoms with van der Waals surface area (Å²) in [5, 5.41) is 23.9. The molecule has 0 saturated heterocycles. The van der Waals surface area contributed by atoms with Crippen molar-refractivity contribution in [3.63, 3.8) is 0 Å². The summed E-state index contributed by atoms with van der Waals surface area (Å²) in [6.07, 6.45) is 72.3. The van der Waals surface area contributed by atoms with Crippen molar-refractivity contribution in [2.75, 3.05) is 6.61 Å². The quantitative estimate of drug-likeness (QED) is 0.0244. The summed E-state index contributed by atoms with van der Waals surface area (Å²) in [7, 11) is 0. The van der Waals surface area contributed by atoms with Gasteiger partial charge >= 0.3 is 5.97 Å². The van der Waals surface area contributed by atoms with Crippen molar-refractivity contribution in [2.45, 2.75) is 289 Å². The molecule has 0 aliphatic heterocycles. The minimum atomic E-state index is -0.814. The second-order valence-corrected chi connectivity index (χ2v) is 19.5. The Morgan fingerprint density at radius 2 is 0.824 bits per heavy atom. The molecule has 0 aliphatic carbocycles. The van der Waals surface area contributed by atoms with Gasteiger partial charge in [0.1, 0.15) is 6.10 Å². The highest BCUT2D eigenvalue weighted by atomic mass is 16.5. The van der Waals surface area contributed by atoms with Crippen molar-refractivity contribution in [2.24, 2.45) is 0 Å². The van der Waals surface area contributed by atoms with Crippen molar-refractivity contribution < 1.29 is 24.5 Å². The Morgan fingerprint density at radius 1 is 0.441 bits per heavy atom. The summed E-state index contributed by atoms with van der Waals surface area (Å²) < 4.78 is 5.92. The molecule has 1 amide bonds. The molecule has 68 heavy (non-hydrogen) atoms. The lowest BCUT2D eigenvalue weighted by Crippen LogP contribution is -2.46. The molecule has 0 aromatic carbocycles. The van der Waals surface area contributed by atoms with E-state index in [2.05, 4.69) is 50.4 Å². The molecule has 0 rings (SSSR count). The largest absolute Gasteiger partial charge is 0.462 e. The number of allylic oxidation sites excluding steroid dienone is 14. The summed E-state index contributed by atoms with van der Waals surface area (Å²) in [5.74, 6) is -0.556. The zero-order chi connectivity index (χ0) is 49.5. The number of unbranched alkanes of at least 4 members (excludes halogenated alkanes) is 30. The van der Waals surface area contributed by atoms with Crippen LogP contribution in [-0.4, -0.2) is 46.9 Å². The van der Waals surface area contributed by atoms with E-state index in [0.717, 1.165) is 64.2 Å². The maximum atomic E-state index is 13.3. The fraction of sp³-hybridized carbons (Fsp3) is 0.742. The van der Waals surface area contributed by atoms with Gasteiger partial charge in [0, 0.05) is 6.42 Å². The molecule has 6 nitrogen and oxygen atoms in total. The molecule has 0 aromatic rings. The number of aliphatic hydroxyl groups is 2. The van der Waals surface area contributed by atoms with Crippen LogP contribution < -0.4 is 5.32 Å². The lowest BCUT2D eigenvalue weighted by Gasteiger charge is -2.24. The number of carbonyl (C=O) groups is 2. The Labute approximate surface area is 421 Å². The van der Waals surface area contributed by atoms with Gasteiger partial charge in [-0.15, -0.1) is 0 Å². The van der Waals surface area contributed by atoms with E-state index >= 15 is 0 Å². The van der Waals surface area contributed by atoms with Crippen LogP contribution in [0.3, 0.4) is 0 Å². The summed E-state index contributed by atoms with van der Waals surface area (Å²) in [6, 6.07) is -0.732. The predicted octanol–water partition coefficient (Wildman–Crippen LogP) is 17.9. The van der Waals surface area contributed by atoms with Gasteiger partial charge in [-0.3, -0.25) is 9.59 Å². The van der Waals surface area contributed by atoms with Gasteiger partial charge in [-0.1, -0.05) is 279 Å².